The zero-order chi connectivity index (χ0) is 9.52. The first-order chi connectivity index (χ1) is 6.33. The van der Waals surface area contributed by atoms with Gasteiger partial charge >= 0.3 is 0 Å². The molecule has 78 valence electrons. The summed E-state index contributed by atoms with van der Waals surface area (Å²) in [5.41, 5.74) is 0. The van der Waals surface area contributed by atoms with E-state index in [1.807, 2.05) is 0 Å². The van der Waals surface area contributed by atoms with Gasteiger partial charge in [-0.05, 0) is 25.3 Å². The van der Waals surface area contributed by atoms with Gasteiger partial charge in [0.25, 0.3) is 0 Å². The van der Waals surface area contributed by atoms with E-state index in [-0.39, 0.29) is 12.7 Å². The maximum atomic E-state index is 9.01. The summed E-state index contributed by atoms with van der Waals surface area (Å²) in [5.74, 6) is 0.646. The predicted molar refractivity (Wildman–Crippen MR) is 49.5 cm³/mol. The average molecular weight is 189 g/mol. The number of ether oxygens (including phenoxy) is 1. The van der Waals surface area contributed by atoms with E-state index in [1.54, 1.807) is 0 Å². The Kier molecular flexibility index (Phi) is 5.31. The van der Waals surface area contributed by atoms with Crippen LogP contribution in [0.2, 0.25) is 0 Å². The maximum absolute atomic E-state index is 9.01. The molecule has 3 N–H and O–H groups in total. The van der Waals surface area contributed by atoms with Gasteiger partial charge in [-0.1, -0.05) is 0 Å². The van der Waals surface area contributed by atoms with Crippen LogP contribution in [-0.4, -0.2) is 49.2 Å². The molecule has 1 aliphatic carbocycles. The lowest BCUT2D eigenvalue weighted by Gasteiger charge is -2.31. The molecule has 0 aromatic heterocycles. The van der Waals surface area contributed by atoms with Crippen LogP contribution < -0.4 is 5.32 Å². The van der Waals surface area contributed by atoms with Gasteiger partial charge in [-0.25, -0.2) is 0 Å². The highest BCUT2D eigenvalue weighted by Gasteiger charge is 2.26. The molecule has 0 heterocycles. The molecule has 0 radical (unpaired) electrons. The molecular weight excluding hydrogens is 170 g/mol. The molecule has 1 aliphatic rings. The largest absolute Gasteiger partial charge is 0.394 e. The summed E-state index contributed by atoms with van der Waals surface area (Å²) in [6.07, 6.45) is 1.81. The van der Waals surface area contributed by atoms with Crippen LogP contribution in [0.15, 0.2) is 0 Å². The second-order valence-corrected chi connectivity index (χ2v) is 3.53. The van der Waals surface area contributed by atoms with Crippen molar-refractivity contribution in [2.75, 3.05) is 32.9 Å². The lowest BCUT2D eigenvalue weighted by Crippen LogP contribution is -2.37. The number of rotatable bonds is 7. The highest BCUT2D eigenvalue weighted by Crippen LogP contribution is 2.25. The Balaban J connectivity index is 1.74. The minimum atomic E-state index is -0.0579. The quantitative estimate of drug-likeness (QED) is 0.466. The lowest BCUT2D eigenvalue weighted by atomic mass is 9.82. The molecule has 1 saturated carbocycles. The van der Waals surface area contributed by atoms with Gasteiger partial charge in [0.15, 0.2) is 0 Å². The SMILES string of the molecule is OCCOCCNCC1CC(O)C1. The summed E-state index contributed by atoms with van der Waals surface area (Å²) in [6.45, 7) is 2.96. The van der Waals surface area contributed by atoms with E-state index >= 15 is 0 Å². The van der Waals surface area contributed by atoms with Gasteiger partial charge in [0.05, 0.1) is 25.9 Å². The van der Waals surface area contributed by atoms with Gasteiger partial charge in [-0.15, -0.1) is 0 Å². The number of aliphatic hydroxyl groups is 2. The summed E-state index contributed by atoms with van der Waals surface area (Å²) < 4.78 is 5.08. The van der Waals surface area contributed by atoms with Gasteiger partial charge in [-0.2, -0.15) is 0 Å². The third-order valence-corrected chi connectivity index (χ3v) is 2.30. The fraction of sp³-hybridized carbons (Fsp3) is 1.00. The van der Waals surface area contributed by atoms with E-state index in [4.69, 9.17) is 14.9 Å². The van der Waals surface area contributed by atoms with Crippen LogP contribution in [-0.2, 0) is 4.74 Å². The Morgan fingerprint density at radius 3 is 2.69 bits per heavy atom. The van der Waals surface area contributed by atoms with Gasteiger partial charge in [0, 0.05) is 6.54 Å². The third kappa shape index (κ3) is 4.57. The van der Waals surface area contributed by atoms with E-state index in [0.717, 1.165) is 25.9 Å². The zero-order valence-electron chi connectivity index (χ0n) is 7.91. The van der Waals surface area contributed by atoms with Crippen LogP contribution in [0, 0.1) is 5.92 Å². The number of hydrogen-bond acceptors (Lipinski definition) is 4. The molecule has 0 aliphatic heterocycles. The average Bonchev–Trinajstić information content (AvgIpc) is 2.07. The molecule has 13 heavy (non-hydrogen) atoms. The van der Waals surface area contributed by atoms with Gasteiger partial charge < -0.3 is 20.3 Å². The van der Waals surface area contributed by atoms with Crippen molar-refractivity contribution < 1.29 is 14.9 Å². The summed E-state index contributed by atoms with van der Waals surface area (Å²) in [7, 11) is 0. The molecule has 0 unspecified atom stereocenters. The van der Waals surface area contributed by atoms with Crippen LogP contribution in [0.5, 0.6) is 0 Å². The van der Waals surface area contributed by atoms with E-state index in [1.165, 1.54) is 0 Å². The molecule has 0 amide bonds. The first kappa shape index (κ1) is 10.9. The van der Waals surface area contributed by atoms with Crippen molar-refractivity contribution in [3.8, 4) is 0 Å². The lowest BCUT2D eigenvalue weighted by molar-refractivity contribution is 0.0411. The Morgan fingerprint density at radius 2 is 2.08 bits per heavy atom. The number of hydrogen-bond donors (Lipinski definition) is 3. The molecule has 1 rings (SSSR count). The van der Waals surface area contributed by atoms with Gasteiger partial charge in [0.2, 0.25) is 0 Å². The van der Waals surface area contributed by atoms with Crippen LogP contribution in [0.4, 0.5) is 0 Å². The van der Waals surface area contributed by atoms with Crippen molar-refractivity contribution >= 4 is 0 Å². The predicted octanol–water partition coefficient (Wildman–Crippen LogP) is -0.644. The monoisotopic (exact) mass is 189 g/mol. The second kappa shape index (κ2) is 6.32. The Bertz CT molecular complexity index is 126. The molecule has 1 fully saturated rings. The van der Waals surface area contributed by atoms with Crippen molar-refractivity contribution in [1.82, 2.24) is 5.32 Å². The minimum Gasteiger partial charge on any atom is -0.394 e. The second-order valence-electron chi connectivity index (χ2n) is 3.53. The smallest absolute Gasteiger partial charge is 0.0698 e. The fourth-order valence-electron chi connectivity index (χ4n) is 1.48. The van der Waals surface area contributed by atoms with Gasteiger partial charge in [-0.3, -0.25) is 0 Å². The normalized spacial score (nSPS) is 27.2. The van der Waals surface area contributed by atoms with Crippen molar-refractivity contribution in [3.05, 3.63) is 0 Å². The molecule has 4 nitrogen and oxygen atoms in total. The Hall–Kier alpha value is -0.160. The summed E-state index contributed by atoms with van der Waals surface area (Å²) in [5, 5.41) is 20.7. The number of aliphatic hydroxyl groups excluding tert-OH is 2. The molecular formula is C9H19NO3. The summed E-state index contributed by atoms with van der Waals surface area (Å²) in [4.78, 5) is 0. The van der Waals surface area contributed by atoms with Crippen LogP contribution in [0.25, 0.3) is 0 Å². The number of nitrogens with one attached hydrogen (secondary N) is 1. The maximum Gasteiger partial charge on any atom is 0.0698 e. The summed E-state index contributed by atoms with van der Waals surface area (Å²) in [6, 6.07) is 0. The summed E-state index contributed by atoms with van der Waals surface area (Å²) >= 11 is 0. The van der Waals surface area contributed by atoms with Gasteiger partial charge in [0.1, 0.15) is 0 Å². The third-order valence-electron chi connectivity index (χ3n) is 2.30. The molecule has 0 bridgehead atoms. The van der Waals surface area contributed by atoms with E-state index in [2.05, 4.69) is 5.32 Å². The van der Waals surface area contributed by atoms with Crippen molar-refractivity contribution in [1.29, 1.82) is 0 Å². The van der Waals surface area contributed by atoms with Crippen molar-refractivity contribution in [2.45, 2.75) is 18.9 Å². The standard InChI is InChI=1S/C9H19NO3/c11-2-4-13-3-1-10-7-8-5-9(12)6-8/h8-12H,1-7H2. The van der Waals surface area contributed by atoms with E-state index in [9.17, 15) is 0 Å². The highest BCUT2D eigenvalue weighted by molar-refractivity contribution is 4.79. The first-order valence-corrected chi connectivity index (χ1v) is 4.90. The molecule has 0 saturated heterocycles. The van der Waals surface area contributed by atoms with Crippen LogP contribution in [0.1, 0.15) is 12.8 Å². The zero-order valence-corrected chi connectivity index (χ0v) is 7.91. The van der Waals surface area contributed by atoms with Crippen molar-refractivity contribution in [3.63, 3.8) is 0 Å². The Labute approximate surface area is 78.9 Å². The fourth-order valence-corrected chi connectivity index (χ4v) is 1.48. The van der Waals surface area contributed by atoms with Crippen LogP contribution >= 0.6 is 0 Å². The van der Waals surface area contributed by atoms with E-state index < -0.39 is 0 Å². The Morgan fingerprint density at radius 1 is 1.31 bits per heavy atom. The molecule has 0 atom stereocenters. The van der Waals surface area contributed by atoms with Crippen LogP contribution in [0.3, 0.4) is 0 Å². The molecule has 0 aromatic rings. The molecule has 0 spiro atoms. The minimum absolute atomic E-state index is 0.0579. The van der Waals surface area contributed by atoms with Crippen molar-refractivity contribution in [2.24, 2.45) is 5.92 Å². The molecule has 4 heteroatoms. The first-order valence-electron chi connectivity index (χ1n) is 4.90. The van der Waals surface area contributed by atoms with E-state index in [0.29, 0.717) is 19.1 Å². The molecule has 0 aromatic carbocycles. The highest BCUT2D eigenvalue weighted by atomic mass is 16.5. The topological polar surface area (TPSA) is 61.7 Å².